The van der Waals surface area contributed by atoms with Crippen molar-refractivity contribution in [2.24, 2.45) is 0 Å². The monoisotopic (exact) mass is 678 g/mol. The molecule has 0 amide bonds. The SMILES string of the molecule is c1ccc(-c2sc3c(ccc4oc5cc(-c6c7ccccc7c(-c7ccc8ccccc8c7)c7ccccc67)ccc5c43)c2-c2ccccc2)cc1. The second kappa shape index (κ2) is 11.5. The minimum Gasteiger partial charge on any atom is -0.456 e. The Kier molecular flexibility index (Phi) is 6.49. The first-order valence-corrected chi connectivity index (χ1v) is 18.6. The molecule has 9 aromatic carbocycles. The van der Waals surface area contributed by atoms with Gasteiger partial charge in [-0.1, -0.05) is 152 Å². The molecule has 2 aromatic heterocycles. The van der Waals surface area contributed by atoms with E-state index in [0.29, 0.717) is 0 Å². The van der Waals surface area contributed by atoms with Gasteiger partial charge < -0.3 is 4.42 Å². The van der Waals surface area contributed by atoms with Crippen LogP contribution in [0.15, 0.2) is 186 Å². The molecule has 0 saturated heterocycles. The van der Waals surface area contributed by atoms with Crippen LogP contribution in [0.4, 0.5) is 0 Å². The van der Waals surface area contributed by atoms with Gasteiger partial charge in [-0.25, -0.2) is 0 Å². The summed E-state index contributed by atoms with van der Waals surface area (Å²) in [6, 6.07) is 66.0. The van der Waals surface area contributed by atoms with Gasteiger partial charge in [-0.05, 0) is 96.0 Å². The molecular formula is C50H30OS. The number of furan rings is 1. The van der Waals surface area contributed by atoms with Gasteiger partial charge in [-0.15, -0.1) is 11.3 Å². The Morgan fingerprint density at radius 3 is 1.54 bits per heavy atom. The molecule has 0 saturated carbocycles. The normalized spacial score (nSPS) is 11.8. The van der Waals surface area contributed by atoms with Crippen molar-refractivity contribution < 1.29 is 4.42 Å². The predicted molar refractivity (Wildman–Crippen MR) is 223 cm³/mol. The second-order valence-electron chi connectivity index (χ2n) is 13.6. The third kappa shape index (κ3) is 4.41. The van der Waals surface area contributed by atoms with Gasteiger partial charge in [-0.3, -0.25) is 0 Å². The van der Waals surface area contributed by atoms with Crippen LogP contribution in [0.5, 0.6) is 0 Å². The molecule has 242 valence electrons. The van der Waals surface area contributed by atoms with Gasteiger partial charge in [0.05, 0.1) is 0 Å². The van der Waals surface area contributed by atoms with Crippen molar-refractivity contribution >= 4 is 75.7 Å². The van der Waals surface area contributed by atoms with Gasteiger partial charge in [0.15, 0.2) is 0 Å². The molecule has 2 heteroatoms. The lowest BCUT2D eigenvalue weighted by Crippen LogP contribution is -1.91. The summed E-state index contributed by atoms with van der Waals surface area (Å²) in [4.78, 5) is 1.28. The molecule has 0 radical (unpaired) electrons. The largest absolute Gasteiger partial charge is 0.456 e. The summed E-state index contributed by atoms with van der Waals surface area (Å²) in [6.45, 7) is 0. The van der Waals surface area contributed by atoms with Crippen molar-refractivity contribution in [3.05, 3.63) is 182 Å². The number of hydrogen-bond donors (Lipinski definition) is 0. The molecule has 0 fully saturated rings. The Morgan fingerprint density at radius 1 is 0.327 bits per heavy atom. The van der Waals surface area contributed by atoms with Gasteiger partial charge in [0.2, 0.25) is 0 Å². The lowest BCUT2D eigenvalue weighted by atomic mass is 9.85. The average Bonchev–Trinajstić information content (AvgIpc) is 3.79. The molecular weight excluding hydrogens is 649 g/mol. The third-order valence-electron chi connectivity index (χ3n) is 10.6. The second-order valence-corrected chi connectivity index (χ2v) is 14.6. The number of fused-ring (bicyclic) bond motifs is 8. The van der Waals surface area contributed by atoms with E-state index in [1.165, 1.54) is 86.0 Å². The Balaban J connectivity index is 1.15. The first kappa shape index (κ1) is 29.3. The summed E-state index contributed by atoms with van der Waals surface area (Å²) in [6.07, 6.45) is 0. The van der Waals surface area contributed by atoms with Gasteiger partial charge in [0.25, 0.3) is 0 Å². The minimum absolute atomic E-state index is 0.905. The van der Waals surface area contributed by atoms with Crippen LogP contribution in [0.1, 0.15) is 0 Å². The quantitative estimate of drug-likeness (QED) is 0.169. The summed E-state index contributed by atoms with van der Waals surface area (Å²) in [5.74, 6) is 0. The molecule has 0 unspecified atom stereocenters. The summed E-state index contributed by atoms with van der Waals surface area (Å²) in [5.41, 5.74) is 10.5. The number of hydrogen-bond acceptors (Lipinski definition) is 2. The highest BCUT2D eigenvalue weighted by atomic mass is 32.1. The maximum atomic E-state index is 6.75. The highest BCUT2D eigenvalue weighted by Crippen LogP contribution is 2.50. The van der Waals surface area contributed by atoms with Crippen LogP contribution in [-0.2, 0) is 0 Å². The van der Waals surface area contributed by atoms with Crippen LogP contribution in [0.3, 0.4) is 0 Å². The van der Waals surface area contributed by atoms with E-state index >= 15 is 0 Å². The molecule has 0 aliphatic carbocycles. The van der Waals surface area contributed by atoms with Crippen molar-refractivity contribution in [3.8, 4) is 43.8 Å². The van der Waals surface area contributed by atoms with E-state index in [1.54, 1.807) is 0 Å². The van der Waals surface area contributed by atoms with E-state index in [1.807, 2.05) is 11.3 Å². The van der Waals surface area contributed by atoms with Crippen molar-refractivity contribution in [3.63, 3.8) is 0 Å². The minimum atomic E-state index is 0.905. The fourth-order valence-corrected chi connectivity index (χ4v) is 9.73. The molecule has 0 bridgehead atoms. The van der Waals surface area contributed by atoms with Crippen LogP contribution >= 0.6 is 11.3 Å². The molecule has 11 rings (SSSR count). The fourth-order valence-electron chi connectivity index (χ4n) is 8.35. The molecule has 0 aliphatic rings. The third-order valence-corrected chi connectivity index (χ3v) is 11.9. The summed E-state index contributed by atoms with van der Waals surface area (Å²) < 4.78 is 8.01. The first-order chi connectivity index (χ1) is 25.8. The maximum absolute atomic E-state index is 6.75. The van der Waals surface area contributed by atoms with E-state index in [9.17, 15) is 0 Å². The van der Waals surface area contributed by atoms with E-state index in [-0.39, 0.29) is 0 Å². The summed E-state index contributed by atoms with van der Waals surface area (Å²) >= 11 is 1.87. The maximum Gasteiger partial charge on any atom is 0.136 e. The molecule has 11 aromatic rings. The average molecular weight is 679 g/mol. The van der Waals surface area contributed by atoms with Gasteiger partial charge in [0, 0.05) is 31.3 Å². The zero-order chi connectivity index (χ0) is 34.2. The molecule has 0 aliphatic heterocycles. The van der Waals surface area contributed by atoms with Crippen molar-refractivity contribution in [1.29, 1.82) is 0 Å². The molecule has 0 atom stereocenters. The number of benzene rings is 9. The topological polar surface area (TPSA) is 13.1 Å². The summed E-state index contributed by atoms with van der Waals surface area (Å²) in [7, 11) is 0. The molecule has 0 spiro atoms. The standard InChI is InChI=1S/C50H30OS/c1-3-14-32(15-4-1)47-42-27-28-43-48(50(42)52-49(47)33-16-5-2-6-17-33)41-26-25-36(30-44(41)51-43)46-39-21-11-9-19-37(39)45(38-20-10-12-22-40(38)46)35-24-23-31-13-7-8-18-34(31)29-35/h1-30H. The van der Waals surface area contributed by atoms with E-state index in [4.69, 9.17) is 4.42 Å². The van der Waals surface area contributed by atoms with Crippen LogP contribution < -0.4 is 0 Å². The van der Waals surface area contributed by atoms with E-state index < -0.39 is 0 Å². The highest BCUT2D eigenvalue weighted by molar-refractivity contribution is 7.24. The van der Waals surface area contributed by atoms with Crippen LogP contribution in [-0.4, -0.2) is 0 Å². The Bertz CT molecular complexity index is 3110. The molecule has 52 heavy (non-hydrogen) atoms. The fraction of sp³-hybridized carbons (Fsp3) is 0. The first-order valence-electron chi connectivity index (χ1n) is 17.8. The molecule has 1 nitrogen and oxygen atoms in total. The lowest BCUT2D eigenvalue weighted by molar-refractivity contribution is 0.669. The van der Waals surface area contributed by atoms with Crippen LogP contribution in [0.2, 0.25) is 0 Å². The zero-order valence-electron chi connectivity index (χ0n) is 28.1. The van der Waals surface area contributed by atoms with Crippen molar-refractivity contribution in [2.75, 3.05) is 0 Å². The smallest absolute Gasteiger partial charge is 0.136 e. The van der Waals surface area contributed by atoms with Crippen molar-refractivity contribution in [2.45, 2.75) is 0 Å². The van der Waals surface area contributed by atoms with Crippen LogP contribution in [0.25, 0.3) is 108 Å². The Labute approximate surface area is 304 Å². The summed E-state index contributed by atoms with van der Waals surface area (Å²) in [5, 5.41) is 11.1. The number of rotatable bonds is 4. The highest BCUT2D eigenvalue weighted by Gasteiger charge is 2.22. The molecule has 2 heterocycles. The van der Waals surface area contributed by atoms with E-state index in [2.05, 4.69) is 182 Å². The van der Waals surface area contributed by atoms with Gasteiger partial charge in [-0.2, -0.15) is 0 Å². The van der Waals surface area contributed by atoms with Crippen LogP contribution in [0, 0.1) is 0 Å². The number of thiophene rings is 1. The lowest BCUT2D eigenvalue weighted by Gasteiger charge is -2.18. The Morgan fingerprint density at radius 2 is 0.865 bits per heavy atom. The van der Waals surface area contributed by atoms with E-state index in [0.717, 1.165) is 22.1 Å². The van der Waals surface area contributed by atoms with Crippen molar-refractivity contribution in [1.82, 2.24) is 0 Å². The molecule has 0 N–H and O–H groups in total. The zero-order valence-corrected chi connectivity index (χ0v) is 29.0. The van der Waals surface area contributed by atoms with Gasteiger partial charge >= 0.3 is 0 Å². The van der Waals surface area contributed by atoms with Gasteiger partial charge in [0.1, 0.15) is 11.2 Å². The predicted octanol–water partition coefficient (Wildman–Crippen LogP) is 14.9. The Hall–Kier alpha value is -6.48.